The van der Waals surface area contributed by atoms with Crippen molar-refractivity contribution in [1.82, 2.24) is 5.32 Å². The van der Waals surface area contributed by atoms with Gasteiger partial charge in [-0.2, -0.15) is 5.26 Å². The summed E-state index contributed by atoms with van der Waals surface area (Å²) in [4.78, 5) is 12.0. The Morgan fingerprint density at radius 2 is 2.05 bits per heavy atom. The summed E-state index contributed by atoms with van der Waals surface area (Å²) in [5.41, 5.74) is -0.644. The number of nitrogens with zero attached hydrogens (tertiary/aromatic N) is 1. The van der Waals surface area contributed by atoms with Crippen molar-refractivity contribution in [1.29, 1.82) is 5.26 Å². The molecule has 19 heavy (non-hydrogen) atoms. The van der Waals surface area contributed by atoms with Gasteiger partial charge in [-0.05, 0) is 19.3 Å². The molecule has 108 valence electrons. The van der Waals surface area contributed by atoms with E-state index in [0.29, 0.717) is 12.2 Å². The summed E-state index contributed by atoms with van der Waals surface area (Å²) >= 11 is 1.53. The fourth-order valence-electron chi connectivity index (χ4n) is 2.38. The summed E-state index contributed by atoms with van der Waals surface area (Å²) in [6.07, 6.45) is 6.58. The molecule has 1 rings (SSSR count). The molecule has 1 fully saturated rings. The number of nitrogens with one attached hydrogen (secondary N) is 1. The molecule has 1 amide bonds. The van der Waals surface area contributed by atoms with Crippen LogP contribution < -0.4 is 5.32 Å². The number of carbonyl (C=O) groups excluding carboxylic acids is 1. The van der Waals surface area contributed by atoms with Gasteiger partial charge in [-0.15, -0.1) is 11.8 Å². The summed E-state index contributed by atoms with van der Waals surface area (Å²) < 4.78 is 0. The molecule has 0 aromatic carbocycles. The summed E-state index contributed by atoms with van der Waals surface area (Å²) in [7, 11) is 0. The maximum atomic E-state index is 12.0. The molecule has 1 aliphatic rings. The summed E-state index contributed by atoms with van der Waals surface area (Å²) in [5.74, 6) is 0.308. The average Bonchev–Trinajstić information content (AvgIpc) is 2.63. The van der Waals surface area contributed by atoms with Crippen molar-refractivity contribution in [2.45, 2.75) is 62.7 Å². The molecule has 5 heteroatoms. The third kappa shape index (κ3) is 5.84. The Morgan fingerprint density at radius 3 is 2.58 bits per heavy atom. The quantitative estimate of drug-likeness (QED) is 0.734. The zero-order chi connectivity index (χ0) is 14.1. The van der Waals surface area contributed by atoms with E-state index >= 15 is 0 Å². The normalized spacial score (nSPS) is 20.1. The number of hydrogen-bond donors (Lipinski definition) is 2. The summed E-state index contributed by atoms with van der Waals surface area (Å²) in [5, 5.41) is 21.4. The van der Waals surface area contributed by atoms with Gasteiger partial charge < -0.3 is 10.4 Å². The zero-order valence-electron chi connectivity index (χ0n) is 11.7. The fraction of sp³-hybridized carbons (Fsp3) is 0.857. The largest absolute Gasteiger partial charge is 0.396 e. The lowest BCUT2D eigenvalue weighted by molar-refractivity contribution is -0.120. The average molecular weight is 284 g/mol. The van der Waals surface area contributed by atoms with E-state index in [9.17, 15) is 10.1 Å². The Hall–Kier alpha value is -0.730. The van der Waals surface area contributed by atoms with Crippen molar-refractivity contribution in [3.05, 3.63) is 0 Å². The van der Waals surface area contributed by atoms with E-state index in [1.165, 1.54) is 11.8 Å². The van der Waals surface area contributed by atoms with Gasteiger partial charge in [0, 0.05) is 11.9 Å². The van der Waals surface area contributed by atoms with Crippen molar-refractivity contribution in [3.63, 3.8) is 0 Å². The predicted octanol–water partition coefficient (Wildman–Crippen LogP) is 2.22. The van der Waals surface area contributed by atoms with Crippen LogP contribution in [0.25, 0.3) is 0 Å². The standard InChI is InChI=1S/C14H24N2O2S/c1-12(6-9-17)19-10-13(18)16-14(11-15)7-4-2-3-5-8-14/h12,17H,2-10H2,1H3,(H,16,18). The van der Waals surface area contributed by atoms with Gasteiger partial charge in [0.15, 0.2) is 0 Å². The van der Waals surface area contributed by atoms with E-state index in [2.05, 4.69) is 11.4 Å². The van der Waals surface area contributed by atoms with Crippen LogP contribution in [0.1, 0.15) is 51.9 Å². The third-order valence-corrected chi connectivity index (χ3v) is 4.82. The molecule has 0 aliphatic heterocycles. The highest BCUT2D eigenvalue weighted by Crippen LogP contribution is 2.26. The van der Waals surface area contributed by atoms with Gasteiger partial charge >= 0.3 is 0 Å². The van der Waals surface area contributed by atoms with Gasteiger partial charge in [0.1, 0.15) is 5.54 Å². The first-order chi connectivity index (χ1) is 9.12. The second-order valence-electron chi connectivity index (χ2n) is 5.29. The molecule has 0 heterocycles. The number of aliphatic hydroxyl groups is 1. The van der Waals surface area contributed by atoms with Crippen molar-refractivity contribution in [2.24, 2.45) is 0 Å². The summed E-state index contributed by atoms with van der Waals surface area (Å²) in [6.45, 7) is 2.15. The van der Waals surface area contributed by atoms with Crippen LogP contribution in [0.3, 0.4) is 0 Å². The molecular formula is C14H24N2O2S. The minimum Gasteiger partial charge on any atom is -0.396 e. The first-order valence-corrected chi connectivity index (χ1v) is 8.11. The molecule has 0 spiro atoms. The second kappa shape index (κ2) is 8.44. The SMILES string of the molecule is CC(CCO)SCC(=O)NC1(C#N)CCCCCC1. The van der Waals surface area contributed by atoms with Gasteiger partial charge in [0.2, 0.25) is 5.91 Å². The maximum absolute atomic E-state index is 12.0. The number of aliphatic hydroxyl groups excluding tert-OH is 1. The highest BCUT2D eigenvalue weighted by molar-refractivity contribution is 8.00. The second-order valence-corrected chi connectivity index (χ2v) is 6.72. The lowest BCUT2D eigenvalue weighted by Crippen LogP contribution is -2.47. The van der Waals surface area contributed by atoms with Crippen LogP contribution in [0.2, 0.25) is 0 Å². The smallest absolute Gasteiger partial charge is 0.231 e. The van der Waals surface area contributed by atoms with Crippen molar-refractivity contribution in [2.75, 3.05) is 12.4 Å². The fourth-order valence-corrected chi connectivity index (χ4v) is 3.16. The molecule has 4 nitrogen and oxygen atoms in total. The first kappa shape index (κ1) is 16.3. The predicted molar refractivity (Wildman–Crippen MR) is 77.8 cm³/mol. The van der Waals surface area contributed by atoms with Gasteiger partial charge in [-0.3, -0.25) is 4.79 Å². The number of rotatable bonds is 6. The van der Waals surface area contributed by atoms with E-state index in [1.54, 1.807) is 0 Å². The maximum Gasteiger partial charge on any atom is 0.231 e. The van der Waals surface area contributed by atoms with E-state index in [-0.39, 0.29) is 17.8 Å². The van der Waals surface area contributed by atoms with Gasteiger partial charge in [0.25, 0.3) is 0 Å². The van der Waals surface area contributed by atoms with Crippen LogP contribution in [0, 0.1) is 11.3 Å². The number of thioether (sulfide) groups is 1. The van der Waals surface area contributed by atoms with E-state index in [1.807, 2.05) is 6.92 Å². The van der Waals surface area contributed by atoms with Crippen LogP contribution in [-0.2, 0) is 4.79 Å². The highest BCUT2D eigenvalue weighted by atomic mass is 32.2. The van der Waals surface area contributed by atoms with Crippen LogP contribution >= 0.6 is 11.8 Å². The van der Waals surface area contributed by atoms with E-state index in [0.717, 1.165) is 38.5 Å². The topological polar surface area (TPSA) is 73.1 Å². The minimum atomic E-state index is -0.644. The number of nitriles is 1. The molecule has 2 N–H and O–H groups in total. The Kier molecular flexibility index (Phi) is 7.25. The third-order valence-electron chi connectivity index (χ3n) is 3.58. The van der Waals surface area contributed by atoms with Crippen LogP contribution in [0.5, 0.6) is 0 Å². The number of hydrogen-bond acceptors (Lipinski definition) is 4. The monoisotopic (exact) mass is 284 g/mol. The zero-order valence-corrected chi connectivity index (χ0v) is 12.5. The Morgan fingerprint density at radius 1 is 1.42 bits per heavy atom. The van der Waals surface area contributed by atoms with E-state index in [4.69, 9.17) is 5.11 Å². The van der Waals surface area contributed by atoms with Crippen molar-refractivity contribution >= 4 is 17.7 Å². The Labute approximate surface area is 119 Å². The molecule has 1 saturated carbocycles. The molecule has 0 aromatic heterocycles. The van der Waals surface area contributed by atoms with Crippen molar-refractivity contribution < 1.29 is 9.90 Å². The Balaban J connectivity index is 2.42. The van der Waals surface area contributed by atoms with Crippen LogP contribution in [0.4, 0.5) is 0 Å². The van der Waals surface area contributed by atoms with Crippen LogP contribution in [-0.4, -0.2) is 34.2 Å². The molecule has 0 bridgehead atoms. The van der Waals surface area contributed by atoms with Crippen molar-refractivity contribution in [3.8, 4) is 6.07 Å². The lowest BCUT2D eigenvalue weighted by atomic mass is 9.92. The Bertz CT molecular complexity index is 320. The van der Waals surface area contributed by atoms with Gasteiger partial charge in [-0.1, -0.05) is 32.6 Å². The molecular weight excluding hydrogens is 260 g/mol. The minimum absolute atomic E-state index is 0.0572. The van der Waals surface area contributed by atoms with Crippen LogP contribution in [0.15, 0.2) is 0 Å². The van der Waals surface area contributed by atoms with Gasteiger partial charge in [0.05, 0.1) is 11.8 Å². The molecule has 1 atom stereocenters. The number of carbonyl (C=O) groups is 1. The molecule has 1 unspecified atom stereocenters. The highest BCUT2D eigenvalue weighted by Gasteiger charge is 2.32. The molecule has 1 aliphatic carbocycles. The first-order valence-electron chi connectivity index (χ1n) is 7.06. The van der Waals surface area contributed by atoms with E-state index < -0.39 is 5.54 Å². The van der Waals surface area contributed by atoms with Gasteiger partial charge in [-0.25, -0.2) is 0 Å². The lowest BCUT2D eigenvalue weighted by Gasteiger charge is -2.26. The molecule has 0 saturated heterocycles. The summed E-state index contributed by atoms with van der Waals surface area (Å²) in [6, 6.07) is 2.32. The molecule has 0 radical (unpaired) electrons. The molecule has 0 aromatic rings. The number of amides is 1.